The lowest BCUT2D eigenvalue weighted by molar-refractivity contribution is -0.143. The Bertz CT molecular complexity index is 780. The lowest BCUT2D eigenvalue weighted by Gasteiger charge is -2.18. The maximum absolute atomic E-state index is 12.6. The van der Waals surface area contributed by atoms with Gasteiger partial charge in [-0.3, -0.25) is 9.59 Å². The van der Waals surface area contributed by atoms with Gasteiger partial charge in [-0.05, 0) is 18.4 Å². The summed E-state index contributed by atoms with van der Waals surface area (Å²) in [7, 11) is 1.28. The molecule has 122 valence electrons. The van der Waals surface area contributed by atoms with Gasteiger partial charge in [0.25, 0.3) is 5.91 Å². The number of carbonyl (C=O) groups excluding carboxylic acids is 2. The fourth-order valence-electron chi connectivity index (χ4n) is 2.46. The van der Waals surface area contributed by atoms with Crippen LogP contribution in [0.25, 0.3) is 10.9 Å². The smallest absolute Gasteiger partial charge is 0.328 e. The first-order valence-electron chi connectivity index (χ1n) is 7.43. The molecule has 0 aliphatic heterocycles. The molecule has 23 heavy (non-hydrogen) atoms. The van der Waals surface area contributed by atoms with Crippen molar-refractivity contribution in [3.63, 3.8) is 0 Å². The minimum absolute atomic E-state index is 0.204. The highest BCUT2D eigenvalue weighted by molar-refractivity contribution is 6.06. The summed E-state index contributed by atoms with van der Waals surface area (Å²) >= 11 is 0. The molecule has 6 heteroatoms. The molecule has 1 heterocycles. The van der Waals surface area contributed by atoms with E-state index in [0.717, 1.165) is 0 Å². The van der Waals surface area contributed by atoms with E-state index >= 15 is 0 Å². The van der Waals surface area contributed by atoms with Crippen LogP contribution in [-0.4, -0.2) is 30.0 Å². The largest absolute Gasteiger partial charge is 0.467 e. The number of amides is 1. The lowest BCUT2D eigenvalue weighted by Crippen LogP contribution is -2.42. The molecule has 0 fully saturated rings. The second-order valence-electron chi connectivity index (χ2n) is 5.77. The van der Waals surface area contributed by atoms with Crippen LogP contribution in [0.2, 0.25) is 0 Å². The number of hydrogen-bond acceptors (Lipinski definition) is 4. The number of carbonyl (C=O) groups is 2. The summed E-state index contributed by atoms with van der Waals surface area (Å²) in [4.78, 5) is 38.8. The van der Waals surface area contributed by atoms with Gasteiger partial charge in [-0.25, -0.2) is 4.79 Å². The zero-order valence-electron chi connectivity index (χ0n) is 13.4. The average molecular weight is 316 g/mol. The van der Waals surface area contributed by atoms with Crippen LogP contribution in [0.15, 0.2) is 35.1 Å². The normalized spacial score (nSPS) is 12.2. The van der Waals surface area contributed by atoms with Crippen molar-refractivity contribution in [3.8, 4) is 0 Å². The van der Waals surface area contributed by atoms with Crippen molar-refractivity contribution in [2.45, 2.75) is 26.3 Å². The molecule has 2 N–H and O–H groups in total. The van der Waals surface area contributed by atoms with Gasteiger partial charge in [0.15, 0.2) is 0 Å². The van der Waals surface area contributed by atoms with Crippen LogP contribution in [0.3, 0.4) is 0 Å². The Balaban J connectivity index is 2.36. The summed E-state index contributed by atoms with van der Waals surface area (Å²) < 4.78 is 4.74. The number of ether oxygens (including phenoxy) is 1. The van der Waals surface area contributed by atoms with Gasteiger partial charge >= 0.3 is 5.97 Å². The van der Waals surface area contributed by atoms with Gasteiger partial charge in [0.05, 0.1) is 12.7 Å². The highest BCUT2D eigenvalue weighted by atomic mass is 16.5. The predicted octanol–water partition coefficient (Wildman–Crippen LogP) is 1.85. The fourth-order valence-corrected chi connectivity index (χ4v) is 2.46. The summed E-state index contributed by atoms with van der Waals surface area (Å²) in [6.45, 7) is 3.90. The van der Waals surface area contributed by atoms with Gasteiger partial charge in [0.1, 0.15) is 6.04 Å². The molecular weight excluding hydrogens is 296 g/mol. The minimum atomic E-state index is -0.745. The molecule has 0 unspecified atom stereocenters. The summed E-state index contributed by atoms with van der Waals surface area (Å²) in [6, 6.07) is 7.51. The third-order valence-electron chi connectivity index (χ3n) is 3.49. The van der Waals surface area contributed by atoms with Gasteiger partial charge < -0.3 is 15.0 Å². The third kappa shape index (κ3) is 3.97. The van der Waals surface area contributed by atoms with E-state index < -0.39 is 17.9 Å². The lowest BCUT2D eigenvalue weighted by atomic mass is 10.0. The fraction of sp³-hybridized carbons (Fsp3) is 0.353. The first-order valence-corrected chi connectivity index (χ1v) is 7.43. The van der Waals surface area contributed by atoms with Crippen LogP contribution in [0.1, 0.15) is 30.6 Å². The molecule has 0 saturated carbocycles. The number of rotatable bonds is 5. The van der Waals surface area contributed by atoms with Gasteiger partial charge in [-0.1, -0.05) is 32.0 Å². The van der Waals surface area contributed by atoms with Crippen molar-refractivity contribution in [2.75, 3.05) is 7.11 Å². The van der Waals surface area contributed by atoms with Crippen molar-refractivity contribution in [1.82, 2.24) is 10.3 Å². The highest BCUT2D eigenvalue weighted by Gasteiger charge is 2.24. The Morgan fingerprint density at radius 2 is 1.96 bits per heavy atom. The van der Waals surface area contributed by atoms with Crippen LogP contribution in [0.4, 0.5) is 0 Å². The number of hydrogen-bond donors (Lipinski definition) is 2. The predicted molar refractivity (Wildman–Crippen MR) is 87.3 cm³/mol. The van der Waals surface area contributed by atoms with E-state index in [1.165, 1.54) is 13.2 Å². The molecular formula is C17H20N2O4. The number of esters is 1. The topological polar surface area (TPSA) is 88.3 Å². The second-order valence-corrected chi connectivity index (χ2v) is 5.77. The van der Waals surface area contributed by atoms with E-state index in [0.29, 0.717) is 17.3 Å². The van der Waals surface area contributed by atoms with E-state index in [4.69, 9.17) is 4.74 Å². The first-order chi connectivity index (χ1) is 10.9. The number of nitrogens with one attached hydrogen (secondary N) is 2. The quantitative estimate of drug-likeness (QED) is 0.824. The van der Waals surface area contributed by atoms with Gasteiger partial charge in [-0.2, -0.15) is 0 Å². The highest BCUT2D eigenvalue weighted by Crippen LogP contribution is 2.15. The van der Waals surface area contributed by atoms with Crippen LogP contribution in [0, 0.1) is 5.92 Å². The van der Waals surface area contributed by atoms with E-state index in [2.05, 4.69) is 10.3 Å². The Kier molecular flexibility index (Phi) is 5.16. The van der Waals surface area contributed by atoms with Crippen molar-refractivity contribution in [3.05, 3.63) is 46.2 Å². The van der Waals surface area contributed by atoms with Crippen LogP contribution in [0.5, 0.6) is 0 Å². The second kappa shape index (κ2) is 7.09. The number of aromatic nitrogens is 1. The Hall–Kier alpha value is -2.63. The summed E-state index contributed by atoms with van der Waals surface area (Å²) in [5.74, 6) is -0.764. The third-order valence-corrected chi connectivity index (χ3v) is 3.49. The number of aromatic amines is 1. The standard InChI is InChI=1S/C17H20N2O4/c1-10(2)8-14(17(22)23-3)19-16(21)12-9-15(20)18-13-7-5-4-6-11(12)13/h4-7,9-10,14H,8H2,1-3H3,(H,18,20)(H,19,21)/t14-/m0/s1. The van der Waals surface area contributed by atoms with E-state index in [1.54, 1.807) is 24.3 Å². The molecule has 0 bridgehead atoms. The monoisotopic (exact) mass is 316 g/mol. The minimum Gasteiger partial charge on any atom is -0.467 e. The van der Waals surface area contributed by atoms with Gasteiger partial charge in [0, 0.05) is 17.0 Å². The molecule has 2 rings (SSSR count). The van der Waals surface area contributed by atoms with E-state index in [1.807, 2.05) is 13.8 Å². The van der Waals surface area contributed by atoms with Gasteiger partial charge in [0.2, 0.25) is 5.56 Å². The number of methoxy groups -OCH3 is 1. The molecule has 0 aliphatic rings. The number of benzene rings is 1. The molecule has 0 aliphatic carbocycles. The molecule has 6 nitrogen and oxygen atoms in total. The van der Waals surface area contributed by atoms with Crippen molar-refractivity contribution >= 4 is 22.8 Å². The Morgan fingerprint density at radius 1 is 1.26 bits per heavy atom. The van der Waals surface area contributed by atoms with E-state index in [9.17, 15) is 14.4 Å². The first kappa shape index (κ1) is 16.7. The number of pyridine rings is 1. The molecule has 1 amide bonds. The maximum atomic E-state index is 12.6. The Morgan fingerprint density at radius 3 is 2.61 bits per heavy atom. The van der Waals surface area contributed by atoms with Crippen LogP contribution in [-0.2, 0) is 9.53 Å². The van der Waals surface area contributed by atoms with Crippen molar-refractivity contribution in [2.24, 2.45) is 5.92 Å². The zero-order chi connectivity index (χ0) is 17.0. The number of para-hydroxylation sites is 1. The van der Waals surface area contributed by atoms with Crippen molar-refractivity contribution < 1.29 is 14.3 Å². The molecule has 1 aromatic carbocycles. The average Bonchev–Trinajstić information content (AvgIpc) is 2.52. The van der Waals surface area contributed by atoms with Crippen LogP contribution < -0.4 is 10.9 Å². The SMILES string of the molecule is COC(=O)[C@H](CC(C)C)NC(=O)c1cc(=O)[nH]c2ccccc12. The molecule has 0 radical (unpaired) electrons. The molecule has 0 saturated heterocycles. The van der Waals surface area contributed by atoms with E-state index in [-0.39, 0.29) is 17.0 Å². The summed E-state index contributed by atoms with van der Waals surface area (Å²) in [5, 5.41) is 3.29. The maximum Gasteiger partial charge on any atom is 0.328 e. The number of fused-ring (bicyclic) bond motifs is 1. The van der Waals surface area contributed by atoms with Gasteiger partial charge in [-0.15, -0.1) is 0 Å². The van der Waals surface area contributed by atoms with Crippen LogP contribution >= 0.6 is 0 Å². The molecule has 2 aromatic rings. The van der Waals surface area contributed by atoms with Crippen molar-refractivity contribution in [1.29, 1.82) is 0 Å². The molecule has 1 aromatic heterocycles. The zero-order valence-corrected chi connectivity index (χ0v) is 13.4. The number of H-pyrrole nitrogens is 1. The summed E-state index contributed by atoms with van der Waals surface area (Å²) in [6.07, 6.45) is 0.458. The molecule has 0 spiro atoms. The summed E-state index contributed by atoms with van der Waals surface area (Å²) in [5.41, 5.74) is 0.443. The molecule has 1 atom stereocenters. The Labute approximate surface area is 133 Å².